The van der Waals surface area contributed by atoms with Crippen LogP contribution < -0.4 is 15.4 Å². The van der Waals surface area contributed by atoms with Crippen molar-refractivity contribution in [3.8, 4) is 5.75 Å². The highest BCUT2D eigenvalue weighted by molar-refractivity contribution is 14.0. The lowest BCUT2D eigenvalue weighted by Gasteiger charge is -2.35. The van der Waals surface area contributed by atoms with E-state index in [9.17, 15) is 0 Å². The molecule has 8 heteroatoms. The molecule has 0 saturated carbocycles. The second-order valence-corrected chi connectivity index (χ2v) is 6.78. The highest BCUT2D eigenvalue weighted by atomic mass is 127. The second-order valence-electron chi connectivity index (χ2n) is 6.78. The smallest absolute Gasteiger partial charge is 0.191 e. The predicted octanol–water partition coefficient (Wildman–Crippen LogP) is 2.67. The molecule has 1 fully saturated rings. The number of nitrogens with one attached hydrogen (secondary N) is 2. The molecule has 1 aromatic carbocycles. The summed E-state index contributed by atoms with van der Waals surface area (Å²) in [6.07, 6.45) is 2.26. The topological polar surface area (TPSA) is 67.3 Å². The summed E-state index contributed by atoms with van der Waals surface area (Å²) < 4.78 is 16.4. The molecule has 1 saturated heterocycles. The Hall–Kier alpha value is -1.10. The number of halogens is 1. The van der Waals surface area contributed by atoms with Crippen LogP contribution in [0, 0.1) is 0 Å². The summed E-state index contributed by atoms with van der Waals surface area (Å²) >= 11 is 0. The van der Waals surface area contributed by atoms with E-state index in [0.29, 0.717) is 6.61 Å². The Bertz CT molecular complexity index is 566. The molecular formula is C21H37IN4O3. The molecule has 0 aromatic heterocycles. The lowest BCUT2D eigenvalue weighted by molar-refractivity contribution is 0.0170. The maximum absolute atomic E-state index is 5.60. The summed E-state index contributed by atoms with van der Waals surface area (Å²) in [6, 6.07) is 8.55. The highest BCUT2D eigenvalue weighted by Gasteiger charge is 2.23. The molecule has 2 rings (SSSR count). The first-order chi connectivity index (χ1) is 13.8. The molecule has 1 unspecified atom stereocenters. The van der Waals surface area contributed by atoms with Crippen LogP contribution in [0.15, 0.2) is 29.3 Å². The quantitative estimate of drug-likeness (QED) is 0.203. The largest absolute Gasteiger partial charge is 0.497 e. The molecular weight excluding hydrogens is 483 g/mol. The van der Waals surface area contributed by atoms with Gasteiger partial charge in [-0.1, -0.05) is 25.5 Å². The van der Waals surface area contributed by atoms with Crippen molar-refractivity contribution in [1.82, 2.24) is 15.5 Å². The Balaban J connectivity index is 0.00000420. The number of nitrogens with zero attached hydrogens (tertiary/aromatic N) is 2. The number of morpholine rings is 1. The standard InChI is InChI=1S/C21H36N4O3.HI/c1-4-5-13-27-14-10-23-21(22-2)24-17-20(25-11-15-28-16-12-25)18-6-8-19(26-3)9-7-18;/h6-9,20H,4-5,10-17H2,1-3H3,(H2,22,23,24);1H. The van der Waals surface area contributed by atoms with Gasteiger partial charge in [-0.05, 0) is 24.1 Å². The Morgan fingerprint density at radius 2 is 1.90 bits per heavy atom. The first kappa shape index (κ1) is 25.9. The van der Waals surface area contributed by atoms with E-state index in [1.54, 1.807) is 14.2 Å². The van der Waals surface area contributed by atoms with E-state index in [2.05, 4.69) is 39.6 Å². The Morgan fingerprint density at radius 3 is 2.52 bits per heavy atom. The highest BCUT2D eigenvalue weighted by Crippen LogP contribution is 2.23. The van der Waals surface area contributed by atoms with E-state index in [1.165, 1.54) is 5.56 Å². The SMILES string of the molecule is CCCCOCCNC(=NC)NCC(c1ccc(OC)cc1)N1CCOCC1.I. The summed E-state index contributed by atoms with van der Waals surface area (Å²) in [4.78, 5) is 6.79. The van der Waals surface area contributed by atoms with Gasteiger partial charge in [0.05, 0.1) is 33.0 Å². The van der Waals surface area contributed by atoms with Crippen LogP contribution in [-0.2, 0) is 9.47 Å². The number of benzene rings is 1. The molecule has 1 aromatic rings. The third-order valence-corrected chi connectivity index (χ3v) is 4.85. The number of rotatable bonds is 11. The van der Waals surface area contributed by atoms with Crippen LogP contribution in [0.25, 0.3) is 0 Å². The van der Waals surface area contributed by atoms with Crippen LogP contribution in [0.5, 0.6) is 5.75 Å². The molecule has 0 amide bonds. The first-order valence-corrected chi connectivity index (χ1v) is 10.3. The van der Waals surface area contributed by atoms with Gasteiger partial charge < -0.3 is 24.8 Å². The molecule has 29 heavy (non-hydrogen) atoms. The third-order valence-electron chi connectivity index (χ3n) is 4.85. The molecule has 166 valence electrons. The third kappa shape index (κ3) is 9.50. The maximum atomic E-state index is 5.60. The van der Waals surface area contributed by atoms with Crippen molar-refractivity contribution in [2.75, 3.05) is 66.8 Å². The Labute approximate surface area is 192 Å². The van der Waals surface area contributed by atoms with Crippen molar-refractivity contribution in [3.63, 3.8) is 0 Å². The summed E-state index contributed by atoms with van der Waals surface area (Å²) in [5.74, 6) is 1.67. The number of ether oxygens (including phenoxy) is 3. The molecule has 0 radical (unpaired) electrons. The molecule has 7 nitrogen and oxygen atoms in total. The molecule has 0 spiro atoms. The van der Waals surface area contributed by atoms with Gasteiger partial charge in [0, 0.05) is 39.8 Å². The lowest BCUT2D eigenvalue weighted by Crippen LogP contribution is -2.46. The molecule has 2 N–H and O–H groups in total. The van der Waals surface area contributed by atoms with Gasteiger partial charge in [0.15, 0.2) is 5.96 Å². The minimum atomic E-state index is 0. The minimum absolute atomic E-state index is 0. The number of hydrogen-bond donors (Lipinski definition) is 2. The van der Waals surface area contributed by atoms with Crippen molar-refractivity contribution in [3.05, 3.63) is 29.8 Å². The number of methoxy groups -OCH3 is 1. The summed E-state index contributed by atoms with van der Waals surface area (Å²) in [5, 5.41) is 6.79. The summed E-state index contributed by atoms with van der Waals surface area (Å²) in [5.41, 5.74) is 1.26. The van der Waals surface area contributed by atoms with Gasteiger partial charge in [-0.3, -0.25) is 9.89 Å². The average molecular weight is 520 g/mol. The van der Waals surface area contributed by atoms with Gasteiger partial charge in [0.2, 0.25) is 0 Å². The van der Waals surface area contributed by atoms with Crippen LogP contribution in [0.3, 0.4) is 0 Å². The second kappa shape index (κ2) is 15.7. The first-order valence-electron chi connectivity index (χ1n) is 10.3. The zero-order valence-corrected chi connectivity index (χ0v) is 20.3. The maximum Gasteiger partial charge on any atom is 0.191 e. The van der Waals surface area contributed by atoms with Crippen molar-refractivity contribution in [1.29, 1.82) is 0 Å². The van der Waals surface area contributed by atoms with Crippen molar-refractivity contribution in [2.24, 2.45) is 4.99 Å². The monoisotopic (exact) mass is 520 g/mol. The fraction of sp³-hybridized carbons (Fsp3) is 0.667. The number of aliphatic imine (C=N–C) groups is 1. The fourth-order valence-corrected chi connectivity index (χ4v) is 3.18. The van der Waals surface area contributed by atoms with Gasteiger partial charge in [0.25, 0.3) is 0 Å². The summed E-state index contributed by atoms with van der Waals surface area (Å²) in [7, 11) is 3.49. The Kier molecular flexibility index (Phi) is 14.0. The van der Waals surface area contributed by atoms with E-state index in [-0.39, 0.29) is 30.0 Å². The fourth-order valence-electron chi connectivity index (χ4n) is 3.18. The van der Waals surface area contributed by atoms with Crippen LogP contribution in [0.1, 0.15) is 31.4 Å². The molecule has 1 heterocycles. The van der Waals surface area contributed by atoms with Crippen LogP contribution in [0.4, 0.5) is 0 Å². The van der Waals surface area contributed by atoms with Crippen LogP contribution >= 0.6 is 24.0 Å². The predicted molar refractivity (Wildman–Crippen MR) is 129 cm³/mol. The van der Waals surface area contributed by atoms with Crippen molar-refractivity contribution in [2.45, 2.75) is 25.8 Å². The number of hydrogen-bond acceptors (Lipinski definition) is 5. The van der Waals surface area contributed by atoms with Crippen molar-refractivity contribution < 1.29 is 14.2 Å². The lowest BCUT2D eigenvalue weighted by atomic mass is 10.0. The Morgan fingerprint density at radius 1 is 1.17 bits per heavy atom. The normalized spacial score (nSPS) is 16.0. The van der Waals surface area contributed by atoms with Crippen LogP contribution in [0.2, 0.25) is 0 Å². The van der Waals surface area contributed by atoms with E-state index < -0.39 is 0 Å². The molecule has 0 bridgehead atoms. The minimum Gasteiger partial charge on any atom is -0.497 e. The van der Waals surface area contributed by atoms with Crippen molar-refractivity contribution >= 4 is 29.9 Å². The van der Waals surface area contributed by atoms with Gasteiger partial charge in [-0.15, -0.1) is 24.0 Å². The molecule has 0 aliphatic carbocycles. The van der Waals surface area contributed by atoms with Gasteiger partial charge in [0.1, 0.15) is 5.75 Å². The van der Waals surface area contributed by atoms with E-state index in [4.69, 9.17) is 14.2 Å². The molecule has 1 aliphatic heterocycles. The van der Waals surface area contributed by atoms with E-state index in [1.807, 2.05) is 12.1 Å². The average Bonchev–Trinajstić information content (AvgIpc) is 2.76. The number of unbranched alkanes of at least 4 members (excludes halogenated alkanes) is 1. The van der Waals surface area contributed by atoms with Gasteiger partial charge in [-0.2, -0.15) is 0 Å². The zero-order chi connectivity index (χ0) is 20.0. The van der Waals surface area contributed by atoms with Gasteiger partial charge in [-0.25, -0.2) is 0 Å². The van der Waals surface area contributed by atoms with E-state index in [0.717, 1.165) is 70.6 Å². The van der Waals surface area contributed by atoms with E-state index >= 15 is 0 Å². The zero-order valence-electron chi connectivity index (χ0n) is 18.0. The van der Waals surface area contributed by atoms with Crippen LogP contribution in [-0.4, -0.2) is 77.6 Å². The summed E-state index contributed by atoms with van der Waals surface area (Å²) in [6.45, 7) is 8.58. The molecule has 1 aliphatic rings. The van der Waals surface area contributed by atoms with Gasteiger partial charge >= 0.3 is 0 Å². The molecule has 1 atom stereocenters. The number of guanidine groups is 1.